The molecule has 0 bridgehead atoms. The van der Waals surface area contributed by atoms with Crippen molar-refractivity contribution in [1.82, 2.24) is 5.43 Å². The first-order valence-corrected chi connectivity index (χ1v) is 11.2. The summed E-state index contributed by atoms with van der Waals surface area (Å²) in [6, 6.07) is 10.5. The van der Waals surface area contributed by atoms with Crippen LogP contribution in [0, 0.1) is 20.2 Å². The van der Waals surface area contributed by atoms with Crippen LogP contribution in [-0.4, -0.2) is 42.8 Å². The minimum Gasteiger partial charge on any atom is -0.493 e. The third-order valence-electron chi connectivity index (χ3n) is 4.92. The molecule has 0 spiro atoms. The third kappa shape index (κ3) is 6.44. The second kappa shape index (κ2) is 12.4. The molecule has 0 radical (unpaired) electrons. The molecule has 14 heteroatoms. The van der Waals surface area contributed by atoms with Crippen LogP contribution < -0.4 is 24.4 Å². The van der Waals surface area contributed by atoms with E-state index in [0.717, 1.165) is 18.2 Å². The van der Waals surface area contributed by atoms with Crippen molar-refractivity contribution >= 4 is 35.1 Å². The van der Waals surface area contributed by atoms with Crippen molar-refractivity contribution in [3.63, 3.8) is 0 Å². The van der Waals surface area contributed by atoms with Crippen LogP contribution in [-0.2, 0) is 0 Å². The fourth-order valence-electron chi connectivity index (χ4n) is 3.19. The molecule has 1 amide bonds. The van der Waals surface area contributed by atoms with E-state index in [1.165, 1.54) is 38.6 Å². The molecular formula is C24H21ClN4O9. The van der Waals surface area contributed by atoms with Crippen LogP contribution in [0.2, 0.25) is 5.02 Å². The Morgan fingerprint density at radius 2 is 1.68 bits per heavy atom. The SMILES string of the molecule is CCOc1cc(/C=N/NC(=O)c2ccc(OC)c(OC)c2)cc(Cl)c1Oc1ccc([N+](=O)[O-])cc1[N+](=O)[O-]. The Balaban J connectivity index is 1.85. The molecule has 0 saturated heterocycles. The van der Waals surface area contributed by atoms with Gasteiger partial charge in [0, 0.05) is 11.6 Å². The first-order valence-electron chi connectivity index (χ1n) is 10.8. The number of ether oxygens (including phenoxy) is 4. The smallest absolute Gasteiger partial charge is 0.318 e. The van der Waals surface area contributed by atoms with Gasteiger partial charge in [-0.1, -0.05) is 11.6 Å². The van der Waals surface area contributed by atoms with E-state index in [4.69, 9.17) is 30.5 Å². The molecule has 3 rings (SSSR count). The highest BCUT2D eigenvalue weighted by molar-refractivity contribution is 6.32. The molecule has 3 aromatic carbocycles. The molecule has 0 saturated carbocycles. The topological polar surface area (TPSA) is 165 Å². The van der Waals surface area contributed by atoms with Crippen LogP contribution in [0.4, 0.5) is 11.4 Å². The van der Waals surface area contributed by atoms with E-state index in [1.54, 1.807) is 19.1 Å². The first kappa shape index (κ1) is 27.7. The number of methoxy groups -OCH3 is 2. The Bertz CT molecular complexity index is 1410. The summed E-state index contributed by atoms with van der Waals surface area (Å²) in [5.74, 6) is 0.140. The van der Waals surface area contributed by atoms with E-state index in [0.29, 0.717) is 17.1 Å². The highest BCUT2D eigenvalue weighted by Gasteiger charge is 2.23. The largest absolute Gasteiger partial charge is 0.493 e. The first-order chi connectivity index (χ1) is 18.2. The Hall–Kier alpha value is -4.91. The van der Waals surface area contributed by atoms with Gasteiger partial charge >= 0.3 is 5.69 Å². The van der Waals surface area contributed by atoms with E-state index in [9.17, 15) is 25.0 Å². The molecule has 0 aliphatic carbocycles. The number of hydrogen-bond donors (Lipinski definition) is 1. The van der Waals surface area contributed by atoms with Crippen molar-refractivity contribution in [1.29, 1.82) is 0 Å². The molecule has 0 unspecified atom stereocenters. The lowest BCUT2D eigenvalue weighted by Crippen LogP contribution is -2.17. The molecule has 13 nitrogen and oxygen atoms in total. The Labute approximate surface area is 220 Å². The van der Waals surface area contributed by atoms with Crippen LogP contribution in [0.15, 0.2) is 53.6 Å². The summed E-state index contributed by atoms with van der Waals surface area (Å²) in [4.78, 5) is 33.3. The number of nitro groups is 2. The van der Waals surface area contributed by atoms with Gasteiger partial charge in [-0.25, -0.2) is 5.43 Å². The minimum atomic E-state index is -0.807. The number of amides is 1. The van der Waals surface area contributed by atoms with Gasteiger partial charge in [-0.15, -0.1) is 0 Å². The van der Waals surface area contributed by atoms with Gasteiger partial charge in [-0.2, -0.15) is 5.10 Å². The Morgan fingerprint density at radius 3 is 2.32 bits per heavy atom. The Morgan fingerprint density at radius 1 is 0.974 bits per heavy atom. The maximum Gasteiger partial charge on any atom is 0.318 e. The van der Waals surface area contributed by atoms with Crippen LogP contribution in [0.25, 0.3) is 0 Å². The molecule has 38 heavy (non-hydrogen) atoms. The van der Waals surface area contributed by atoms with Gasteiger partial charge < -0.3 is 18.9 Å². The average molecular weight is 545 g/mol. The summed E-state index contributed by atoms with van der Waals surface area (Å²) in [5, 5.41) is 26.4. The molecular weight excluding hydrogens is 524 g/mol. The number of hydrazone groups is 1. The number of nitro benzene ring substituents is 2. The Kier molecular flexibility index (Phi) is 9.00. The lowest BCUT2D eigenvalue weighted by Gasteiger charge is -2.14. The number of carbonyl (C=O) groups is 1. The number of halogens is 1. The maximum absolute atomic E-state index is 12.5. The quantitative estimate of drug-likeness (QED) is 0.195. The van der Waals surface area contributed by atoms with Crippen LogP contribution in [0.1, 0.15) is 22.8 Å². The van der Waals surface area contributed by atoms with Crippen molar-refractivity contribution in [3.8, 4) is 28.7 Å². The van der Waals surface area contributed by atoms with E-state index < -0.39 is 27.1 Å². The molecule has 3 aromatic rings. The number of non-ortho nitro benzene ring substituents is 1. The van der Waals surface area contributed by atoms with Gasteiger partial charge in [0.25, 0.3) is 11.6 Å². The molecule has 0 heterocycles. The van der Waals surface area contributed by atoms with Gasteiger partial charge in [0.2, 0.25) is 5.75 Å². The number of benzene rings is 3. The number of hydrogen-bond acceptors (Lipinski definition) is 10. The van der Waals surface area contributed by atoms with Crippen LogP contribution >= 0.6 is 11.6 Å². The zero-order chi connectivity index (χ0) is 27.8. The number of rotatable bonds is 11. The van der Waals surface area contributed by atoms with E-state index >= 15 is 0 Å². The lowest BCUT2D eigenvalue weighted by molar-refractivity contribution is -0.394. The standard InChI is InChI=1S/C24H21ClN4O9/c1-4-37-22-10-14(13-26-27-24(30)15-5-7-20(35-2)21(11-15)36-3)9-17(25)23(22)38-19-8-6-16(28(31)32)12-18(19)29(33)34/h5-13H,4H2,1-3H3,(H,27,30)/b26-13+. The van der Waals surface area contributed by atoms with Crippen molar-refractivity contribution in [2.45, 2.75) is 6.92 Å². The molecule has 0 fully saturated rings. The van der Waals surface area contributed by atoms with E-state index in [1.807, 2.05) is 0 Å². The van der Waals surface area contributed by atoms with Gasteiger partial charge in [-0.05, 0) is 48.9 Å². The maximum atomic E-state index is 12.5. The molecule has 0 aliphatic rings. The predicted octanol–water partition coefficient (Wildman–Crippen LogP) is 5.13. The van der Waals surface area contributed by atoms with E-state index in [-0.39, 0.29) is 34.4 Å². The van der Waals surface area contributed by atoms with Gasteiger partial charge in [-0.3, -0.25) is 25.0 Å². The lowest BCUT2D eigenvalue weighted by atomic mass is 10.2. The summed E-state index contributed by atoms with van der Waals surface area (Å²) < 4.78 is 21.6. The molecule has 0 aliphatic heterocycles. The van der Waals surface area contributed by atoms with Crippen molar-refractivity contribution in [3.05, 3.63) is 84.9 Å². The predicted molar refractivity (Wildman–Crippen MR) is 137 cm³/mol. The van der Waals surface area contributed by atoms with Gasteiger partial charge in [0.15, 0.2) is 23.0 Å². The van der Waals surface area contributed by atoms with Crippen molar-refractivity contribution in [2.24, 2.45) is 5.10 Å². The van der Waals surface area contributed by atoms with Crippen LogP contribution in [0.5, 0.6) is 28.7 Å². The third-order valence-corrected chi connectivity index (χ3v) is 5.20. The fraction of sp³-hybridized carbons (Fsp3) is 0.167. The average Bonchev–Trinajstić information content (AvgIpc) is 2.90. The minimum absolute atomic E-state index is 0.0104. The summed E-state index contributed by atoms with van der Waals surface area (Å²) in [6.45, 7) is 1.90. The molecule has 198 valence electrons. The molecule has 0 aromatic heterocycles. The number of nitrogens with one attached hydrogen (secondary N) is 1. The summed E-state index contributed by atoms with van der Waals surface area (Å²) in [5.41, 5.74) is 1.98. The zero-order valence-corrected chi connectivity index (χ0v) is 21.1. The molecule has 1 N–H and O–H groups in total. The van der Waals surface area contributed by atoms with Gasteiger partial charge in [0.05, 0.1) is 48.0 Å². The molecule has 0 atom stereocenters. The van der Waals surface area contributed by atoms with Crippen molar-refractivity contribution < 1.29 is 33.6 Å². The highest BCUT2D eigenvalue weighted by Crippen LogP contribution is 2.42. The normalized spacial score (nSPS) is 10.6. The fourth-order valence-corrected chi connectivity index (χ4v) is 3.45. The second-order valence-corrected chi connectivity index (χ2v) is 7.71. The summed E-state index contributed by atoms with van der Waals surface area (Å²) in [7, 11) is 2.93. The highest BCUT2D eigenvalue weighted by atomic mass is 35.5. The zero-order valence-electron chi connectivity index (χ0n) is 20.3. The van der Waals surface area contributed by atoms with Crippen molar-refractivity contribution in [2.75, 3.05) is 20.8 Å². The van der Waals surface area contributed by atoms with Gasteiger partial charge in [0.1, 0.15) is 0 Å². The summed E-state index contributed by atoms with van der Waals surface area (Å²) >= 11 is 6.38. The monoisotopic (exact) mass is 544 g/mol. The van der Waals surface area contributed by atoms with E-state index in [2.05, 4.69) is 10.5 Å². The number of carbonyl (C=O) groups excluding carboxylic acids is 1. The number of nitrogens with zero attached hydrogens (tertiary/aromatic N) is 3. The second-order valence-electron chi connectivity index (χ2n) is 7.30. The summed E-state index contributed by atoms with van der Waals surface area (Å²) in [6.07, 6.45) is 1.31. The van der Waals surface area contributed by atoms with Crippen LogP contribution in [0.3, 0.4) is 0 Å².